The van der Waals surface area contributed by atoms with E-state index < -0.39 is 11.9 Å². The lowest BCUT2D eigenvalue weighted by molar-refractivity contribution is -0.117. The number of halogens is 1. The van der Waals surface area contributed by atoms with E-state index >= 15 is 0 Å². The first-order valence-corrected chi connectivity index (χ1v) is 10.2. The molecule has 1 heterocycles. The van der Waals surface area contributed by atoms with Gasteiger partial charge in [0, 0.05) is 17.9 Å². The quantitative estimate of drug-likeness (QED) is 0.335. The van der Waals surface area contributed by atoms with Crippen LogP contribution in [0.4, 0.5) is 0 Å². The van der Waals surface area contributed by atoms with Gasteiger partial charge in [-0.3, -0.25) is 4.79 Å². The predicted octanol–water partition coefficient (Wildman–Crippen LogP) is 4.76. The van der Waals surface area contributed by atoms with Gasteiger partial charge in [0.05, 0.1) is 23.4 Å². The number of aryl methyl sites for hydroxylation is 1. The number of methoxy groups -OCH3 is 1. The number of carbonyl (C=O) groups is 2. The maximum Gasteiger partial charge on any atom is 0.337 e. The third-order valence-electron chi connectivity index (χ3n) is 5.04. The van der Waals surface area contributed by atoms with E-state index in [2.05, 4.69) is 5.32 Å². The fraction of sp³-hybridized carbons (Fsp3) is 0.160. The first-order valence-electron chi connectivity index (χ1n) is 9.86. The third-order valence-corrected chi connectivity index (χ3v) is 5.36. The zero-order chi connectivity index (χ0) is 23.3. The van der Waals surface area contributed by atoms with Gasteiger partial charge in [-0.2, -0.15) is 5.26 Å². The molecule has 0 aliphatic carbocycles. The maximum atomic E-state index is 12.6. The van der Waals surface area contributed by atoms with Crippen LogP contribution in [0.5, 0.6) is 0 Å². The summed E-state index contributed by atoms with van der Waals surface area (Å²) in [6.07, 6.45) is 1.55. The van der Waals surface area contributed by atoms with E-state index in [9.17, 15) is 14.9 Å². The van der Waals surface area contributed by atoms with E-state index in [1.54, 1.807) is 24.3 Å². The van der Waals surface area contributed by atoms with Crippen molar-refractivity contribution in [2.75, 3.05) is 7.11 Å². The number of esters is 1. The molecule has 0 bridgehead atoms. The Labute approximate surface area is 191 Å². The highest BCUT2D eigenvalue weighted by molar-refractivity contribution is 6.32. The van der Waals surface area contributed by atoms with Crippen LogP contribution in [0.3, 0.4) is 0 Å². The molecule has 0 unspecified atom stereocenters. The molecule has 2 aromatic carbocycles. The molecule has 7 heteroatoms. The zero-order valence-corrected chi connectivity index (χ0v) is 18.7. The molecule has 32 heavy (non-hydrogen) atoms. The van der Waals surface area contributed by atoms with Crippen molar-refractivity contribution in [3.63, 3.8) is 0 Å². The van der Waals surface area contributed by atoms with Crippen molar-refractivity contribution in [3.8, 4) is 11.8 Å². The van der Waals surface area contributed by atoms with Gasteiger partial charge in [0.1, 0.15) is 11.6 Å². The Morgan fingerprint density at radius 3 is 2.53 bits per heavy atom. The second-order valence-corrected chi connectivity index (χ2v) is 7.56. The molecule has 1 aromatic heterocycles. The molecule has 0 aliphatic heterocycles. The summed E-state index contributed by atoms with van der Waals surface area (Å²) in [5.41, 5.74) is 4.22. The Balaban J connectivity index is 1.93. The van der Waals surface area contributed by atoms with E-state index in [4.69, 9.17) is 16.3 Å². The van der Waals surface area contributed by atoms with Crippen LogP contribution >= 0.6 is 11.6 Å². The highest BCUT2D eigenvalue weighted by Gasteiger charge is 2.17. The second-order valence-electron chi connectivity index (χ2n) is 7.16. The summed E-state index contributed by atoms with van der Waals surface area (Å²) in [6, 6.07) is 18.2. The van der Waals surface area contributed by atoms with Crippen molar-refractivity contribution in [2.45, 2.75) is 20.4 Å². The van der Waals surface area contributed by atoms with Crippen molar-refractivity contribution in [2.24, 2.45) is 0 Å². The van der Waals surface area contributed by atoms with Crippen LogP contribution in [0.15, 0.2) is 60.2 Å². The summed E-state index contributed by atoms with van der Waals surface area (Å²) in [6.45, 7) is 4.07. The van der Waals surface area contributed by atoms with E-state index in [1.807, 2.05) is 60.9 Å². The largest absolute Gasteiger partial charge is 0.465 e. The first-order chi connectivity index (χ1) is 15.3. The topological polar surface area (TPSA) is 84.1 Å². The number of rotatable bonds is 6. The van der Waals surface area contributed by atoms with Gasteiger partial charge in [-0.05, 0) is 55.3 Å². The Morgan fingerprint density at radius 2 is 1.88 bits per heavy atom. The number of amides is 1. The number of nitrogens with one attached hydrogen (secondary N) is 1. The number of benzene rings is 2. The number of hydrogen-bond acceptors (Lipinski definition) is 4. The monoisotopic (exact) mass is 447 g/mol. The molecule has 0 fully saturated rings. The van der Waals surface area contributed by atoms with Gasteiger partial charge < -0.3 is 14.6 Å². The van der Waals surface area contributed by atoms with Gasteiger partial charge in [-0.15, -0.1) is 0 Å². The molecule has 0 saturated carbocycles. The minimum atomic E-state index is -0.465. The first kappa shape index (κ1) is 22.9. The van der Waals surface area contributed by atoms with Gasteiger partial charge in [0.2, 0.25) is 0 Å². The Hall–Kier alpha value is -3.82. The lowest BCUT2D eigenvalue weighted by Crippen LogP contribution is -2.23. The van der Waals surface area contributed by atoms with Crippen LogP contribution in [0.1, 0.15) is 32.9 Å². The molecule has 0 aliphatic rings. The summed E-state index contributed by atoms with van der Waals surface area (Å²) in [4.78, 5) is 24.5. The van der Waals surface area contributed by atoms with E-state index in [0.29, 0.717) is 28.4 Å². The average Bonchev–Trinajstić information content (AvgIpc) is 3.08. The van der Waals surface area contributed by atoms with Gasteiger partial charge in [0.15, 0.2) is 0 Å². The van der Waals surface area contributed by atoms with Crippen LogP contribution in [-0.2, 0) is 16.1 Å². The molecule has 0 atom stereocenters. The summed E-state index contributed by atoms with van der Waals surface area (Å²) >= 11 is 6.41. The van der Waals surface area contributed by atoms with Crippen molar-refractivity contribution in [1.82, 2.24) is 9.88 Å². The smallest absolute Gasteiger partial charge is 0.337 e. The highest BCUT2D eigenvalue weighted by Crippen LogP contribution is 2.29. The van der Waals surface area contributed by atoms with Crippen LogP contribution < -0.4 is 5.32 Å². The number of nitrogens with zero attached hydrogens (tertiary/aromatic N) is 2. The normalized spacial score (nSPS) is 11.0. The molecule has 6 nitrogen and oxygen atoms in total. The lowest BCUT2D eigenvalue weighted by Gasteiger charge is -2.13. The molecule has 3 aromatic rings. The molecule has 3 rings (SSSR count). The van der Waals surface area contributed by atoms with Gasteiger partial charge in [-0.1, -0.05) is 41.9 Å². The van der Waals surface area contributed by atoms with Crippen LogP contribution in [0.2, 0.25) is 5.02 Å². The van der Waals surface area contributed by atoms with Crippen LogP contribution in [-0.4, -0.2) is 23.6 Å². The molecular formula is C25H22ClN3O3. The average molecular weight is 448 g/mol. The summed E-state index contributed by atoms with van der Waals surface area (Å²) in [7, 11) is 1.32. The molecule has 1 N–H and O–H groups in total. The minimum Gasteiger partial charge on any atom is -0.465 e. The van der Waals surface area contributed by atoms with E-state index in [0.717, 1.165) is 17.0 Å². The van der Waals surface area contributed by atoms with Crippen LogP contribution in [0, 0.1) is 25.2 Å². The number of nitriles is 1. The predicted molar refractivity (Wildman–Crippen MR) is 123 cm³/mol. The summed E-state index contributed by atoms with van der Waals surface area (Å²) < 4.78 is 6.67. The Bertz CT molecular complexity index is 1240. The van der Waals surface area contributed by atoms with Gasteiger partial charge >= 0.3 is 5.97 Å². The molecule has 1 amide bonds. The second kappa shape index (κ2) is 9.99. The number of aromatic nitrogens is 1. The minimum absolute atomic E-state index is 0.00408. The van der Waals surface area contributed by atoms with Crippen molar-refractivity contribution < 1.29 is 14.3 Å². The maximum absolute atomic E-state index is 12.6. The number of ether oxygens (including phenoxy) is 1. The molecular weight excluding hydrogens is 426 g/mol. The molecule has 0 radical (unpaired) electrons. The van der Waals surface area contributed by atoms with E-state index in [1.165, 1.54) is 7.11 Å². The van der Waals surface area contributed by atoms with Crippen molar-refractivity contribution >= 4 is 29.6 Å². The third kappa shape index (κ3) is 4.90. The van der Waals surface area contributed by atoms with Crippen LogP contribution in [0.25, 0.3) is 11.8 Å². The summed E-state index contributed by atoms with van der Waals surface area (Å²) in [5.74, 6) is -0.917. The van der Waals surface area contributed by atoms with Gasteiger partial charge in [-0.25, -0.2) is 4.79 Å². The molecule has 0 saturated heterocycles. The fourth-order valence-electron chi connectivity index (χ4n) is 3.41. The number of carbonyl (C=O) groups excluding carboxylic acids is 2. The number of hydrogen-bond donors (Lipinski definition) is 1. The zero-order valence-electron chi connectivity index (χ0n) is 18.0. The van der Waals surface area contributed by atoms with Gasteiger partial charge in [0.25, 0.3) is 5.91 Å². The van der Waals surface area contributed by atoms with Crippen molar-refractivity contribution in [1.29, 1.82) is 5.26 Å². The summed E-state index contributed by atoms with van der Waals surface area (Å²) in [5, 5.41) is 12.8. The molecule has 162 valence electrons. The van der Waals surface area contributed by atoms with Crippen molar-refractivity contribution in [3.05, 3.63) is 93.3 Å². The standard InChI is InChI=1S/C25H22ClN3O3/c1-16-11-20(12-21(14-27)24(30)28-15-18-7-5-4-6-8-18)17(2)29(16)23-13-19(25(31)32-3)9-10-22(23)26/h4-13H,15H2,1-3H3,(H,28,30)/b21-12-. The SMILES string of the molecule is COC(=O)c1ccc(Cl)c(-n2c(C)cc(/C=C(/C#N)C(=O)NCc3ccccc3)c2C)c1. The van der Waals surface area contributed by atoms with E-state index in [-0.39, 0.29) is 5.57 Å². The highest BCUT2D eigenvalue weighted by atomic mass is 35.5. The fourth-order valence-corrected chi connectivity index (χ4v) is 3.61. The Morgan fingerprint density at radius 1 is 1.16 bits per heavy atom. The lowest BCUT2D eigenvalue weighted by atomic mass is 10.1. The Kier molecular flexibility index (Phi) is 7.14. The molecule has 0 spiro atoms.